The van der Waals surface area contributed by atoms with Crippen LogP contribution in [0.3, 0.4) is 0 Å². The molecular weight excluding hydrogens is 314 g/mol. The first-order valence-electron chi connectivity index (χ1n) is 7.42. The van der Waals surface area contributed by atoms with Gasteiger partial charge in [-0.1, -0.05) is 35.9 Å². The highest BCUT2D eigenvalue weighted by Gasteiger charge is 2.16. The van der Waals surface area contributed by atoms with Gasteiger partial charge in [0.25, 0.3) is 5.91 Å². The van der Waals surface area contributed by atoms with Gasteiger partial charge in [-0.2, -0.15) is 0 Å². The zero-order valence-electron chi connectivity index (χ0n) is 13.2. The van der Waals surface area contributed by atoms with Crippen molar-refractivity contribution in [3.05, 3.63) is 59.1 Å². The van der Waals surface area contributed by atoms with Gasteiger partial charge in [-0.3, -0.25) is 4.79 Å². The number of halogens is 1. The van der Waals surface area contributed by atoms with Gasteiger partial charge < -0.3 is 14.8 Å². The molecule has 0 saturated carbocycles. The van der Waals surface area contributed by atoms with E-state index in [9.17, 15) is 4.79 Å². The van der Waals surface area contributed by atoms with Gasteiger partial charge in [-0.25, -0.2) is 0 Å². The Bertz CT molecular complexity index is 643. The summed E-state index contributed by atoms with van der Waals surface area (Å²) >= 11 is 5.84. The van der Waals surface area contributed by atoms with Gasteiger partial charge >= 0.3 is 0 Å². The molecule has 0 saturated heterocycles. The molecule has 0 bridgehead atoms. The lowest BCUT2D eigenvalue weighted by Crippen LogP contribution is -2.37. The van der Waals surface area contributed by atoms with E-state index in [1.807, 2.05) is 36.4 Å². The highest BCUT2D eigenvalue weighted by molar-refractivity contribution is 6.30. The van der Waals surface area contributed by atoms with Gasteiger partial charge in [-0.05, 0) is 43.2 Å². The van der Waals surface area contributed by atoms with Gasteiger partial charge in [0.1, 0.15) is 0 Å². The standard InChI is InChI=1S/C18H20ClNO3/c1-13(23-17-6-4-3-5-16(17)22-2)18(21)20-12-11-14-7-9-15(19)10-8-14/h3-10,13H,11-12H2,1-2H3,(H,20,21). The minimum atomic E-state index is -0.600. The van der Waals surface area contributed by atoms with E-state index < -0.39 is 6.10 Å². The molecule has 1 unspecified atom stereocenters. The van der Waals surface area contributed by atoms with Crippen molar-refractivity contribution < 1.29 is 14.3 Å². The smallest absolute Gasteiger partial charge is 0.260 e. The number of ether oxygens (including phenoxy) is 2. The molecule has 2 aromatic carbocycles. The van der Waals surface area contributed by atoms with Crippen LogP contribution in [-0.4, -0.2) is 25.7 Å². The third-order valence-electron chi connectivity index (χ3n) is 3.37. The van der Waals surface area contributed by atoms with E-state index >= 15 is 0 Å². The molecule has 2 aromatic rings. The summed E-state index contributed by atoms with van der Waals surface area (Å²) in [5, 5.41) is 3.57. The summed E-state index contributed by atoms with van der Waals surface area (Å²) in [7, 11) is 1.57. The number of carbonyl (C=O) groups excluding carboxylic acids is 1. The number of para-hydroxylation sites is 2. The van der Waals surface area contributed by atoms with E-state index in [-0.39, 0.29) is 5.91 Å². The minimum absolute atomic E-state index is 0.162. The number of nitrogens with one attached hydrogen (secondary N) is 1. The molecule has 0 aliphatic carbocycles. The molecule has 1 atom stereocenters. The molecule has 1 N–H and O–H groups in total. The molecule has 0 heterocycles. The van der Waals surface area contributed by atoms with Crippen molar-refractivity contribution in [3.8, 4) is 11.5 Å². The van der Waals surface area contributed by atoms with Crippen LogP contribution in [0, 0.1) is 0 Å². The molecule has 0 aliphatic rings. The maximum atomic E-state index is 12.1. The predicted molar refractivity (Wildman–Crippen MR) is 91.2 cm³/mol. The summed E-state index contributed by atoms with van der Waals surface area (Å²) in [6.07, 6.45) is 0.140. The fourth-order valence-electron chi connectivity index (χ4n) is 2.08. The maximum Gasteiger partial charge on any atom is 0.260 e. The van der Waals surface area contributed by atoms with Gasteiger partial charge in [0.05, 0.1) is 7.11 Å². The van der Waals surface area contributed by atoms with Crippen molar-refractivity contribution in [1.82, 2.24) is 5.32 Å². The fourth-order valence-corrected chi connectivity index (χ4v) is 2.21. The molecule has 0 spiro atoms. The van der Waals surface area contributed by atoms with Gasteiger partial charge in [-0.15, -0.1) is 0 Å². The molecule has 2 rings (SSSR count). The molecule has 0 radical (unpaired) electrons. The second kappa shape index (κ2) is 8.44. The van der Waals surface area contributed by atoms with E-state index in [2.05, 4.69) is 5.32 Å². The monoisotopic (exact) mass is 333 g/mol. The van der Waals surface area contributed by atoms with Crippen LogP contribution in [0.25, 0.3) is 0 Å². The molecular formula is C18H20ClNO3. The molecule has 5 heteroatoms. The van der Waals surface area contributed by atoms with Crippen molar-refractivity contribution in [2.24, 2.45) is 0 Å². The maximum absolute atomic E-state index is 12.1. The second-order valence-electron chi connectivity index (χ2n) is 5.08. The highest BCUT2D eigenvalue weighted by atomic mass is 35.5. The number of hydrogen-bond acceptors (Lipinski definition) is 3. The molecule has 1 amide bonds. The average Bonchev–Trinajstić information content (AvgIpc) is 2.57. The number of amides is 1. The Labute approximate surface area is 141 Å². The largest absolute Gasteiger partial charge is 0.493 e. The van der Waals surface area contributed by atoms with Crippen LogP contribution >= 0.6 is 11.6 Å². The number of benzene rings is 2. The van der Waals surface area contributed by atoms with Crippen molar-refractivity contribution in [2.45, 2.75) is 19.4 Å². The topological polar surface area (TPSA) is 47.6 Å². The molecule has 0 fully saturated rings. The summed E-state index contributed by atoms with van der Waals surface area (Å²) in [6.45, 7) is 2.25. The number of hydrogen-bond donors (Lipinski definition) is 1. The van der Waals surface area contributed by atoms with Crippen molar-refractivity contribution in [3.63, 3.8) is 0 Å². The molecule has 0 aliphatic heterocycles. The Morgan fingerprint density at radius 2 is 1.78 bits per heavy atom. The first-order valence-corrected chi connectivity index (χ1v) is 7.80. The Morgan fingerprint density at radius 3 is 2.43 bits per heavy atom. The van der Waals surface area contributed by atoms with Crippen LogP contribution in [0.2, 0.25) is 5.02 Å². The summed E-state index contributed by atoms with van der Waals surface area (Å²) in [5.41, 5.74) is 1.12. The number of carbonyl (C=O) groups is 1. The van der Waals surface area contributed by atoms with Crippen molar-refractivity contribution >= 4 is 17.5 Å². The summed E-state index contributed by atoms with van der Waals surface area (Å²) < 4.78 is 10.9. The molecule has 23 heavy (non-hydrogen) atoms. The van der Waals surface area contributed by atoms with E-state index in [1.165, 1.54) is 0 Å². The lowest BCUT2D eigenvalue weighted by molar-refractivity contribution is -0.127. The highest BCUT2D eigenvalue weighted by Crippen LogP contribution is 2.26. The van der Waals surface area contributed by atoms with Crippen LogP contribution in [0.4, 0.5) is 0 Å². The Balaban J connectivity index is 1.81. The molecule has 4 nitrogen and oxygen atoms in total. The van der Waals surface area contributed by atoms with Crippen LogP contribution in [0.1, 0.15) is 12.5 Å². The van der Waals surface area contributed by atoms with E-state index in [1.54, 1.807) is 26.2 Å². The zero-order valence-corrected chi connectivity index (χ0v) is 14.0. The van der Waals surface area contributed by atoms with E-state index in [4.69, 9.17) is 21.1 Å². The molecule has 0 aromatic heterocycles. The van der Waals surface area contributed by atoms with Crippen LogP contribution in [-0.2, 0) is 11.2 Å². The minimum Gasteiger partial charge on any atom is -0.493 e. The third kappa shape index (κ3) is 5.18. The van der Waals surface area contributed by atoms with Crippen LogP contribution in [0.5, 0.6) is 11.5 Å². The van der Waals surface area contributed by atoms with E-state index in [0.29, 0.717) is 23.1 Å². The number of methoxy groups -OCH3 is 1. The lowest BCUT2D eigenvalue weighted by Gasteiger charge is -2.16. The van der Waals surface area contributed by atoms with Crippen LogP contribution in [0.15, 0.2) is 48.5 Å². The SMILES string of the molecule is COc1ccccc1OC(C)C(=O)NCCc1ccc(Cl)cc1. The van der Waals surface area contributed by atoms with Gasteiger partial charge in [0.15, 0.2) is 17.6 Å². The lowest BCUT2D eigenvalue weighted by atomic mass is 10.1. The third-order valence-corrected chi connectivity index (χ3v) is 3.62. The van der Waals surface area contributed by atoms with Crippen LogP contribution < -0.4 is 14.8 Å². The molecule has 122 valence electrons. The quantitative estimate of drug-likeness (QED) is 0.844. The first kappa shape index (κ1) is 17.2. The number of rotatable bonds is 7. The summed E-state index contributed by atoms with van der Waals surface area (Å²) in [4.78, 5) is 12.1. The van der Waals surface area contributed by atoms with Crippen molar-refractivity contribution in [1.29, 1.82) is 0 Å². The second-order valence-corrected chi connectivity index (χ2v) is 5.51. The summed E-state index contributed by atoms with van der Waals surface area (Å²) in [5.74, 6) is 0.994. The predicted octanol–water partition coefficient (Wildman–Crippen LogP) is 3.47. The summed E-state index contributed by atoms with van der Waals surface area (Å²) in [6, 6.07) is 14.8. The Kier molecular flexibility index (Phi) is 6.29. The zero-order chi connectivity index (χ0) is 16.7. The fraction of sp³-hybridized carbons (Fsp3) is 0.278. The Morgan fingerprint density at radius 1 is 1.13 bits per heavy atom. The average molecular weight is 334 g/mol. The van der Waals surface area contributed by atoms with Gasteiger partial charge in [0.2, 0.25) is 0 Å². The first-order chi connectivity index (χ1) is 11.1. The van der Waals surface area contributed by atoms with Gasteiger partial charge in [0, 0.05) is 11.6 Å². The van der Waals surface area contributed by atoms with Crippen molar-refractivity contribution in [2.75, 3.05) is 13.7 Å². The van der Waals surface area contributed by atoms with E-state index in [0.717, 1.165) is 12.0 Å². The normalized spacial score (nSPS) is 11.6. The Hall–Kier alpha value is -2.20.